The number of hydrogen-bond acceptors (Lipinski definition) is 4. The molecule has 0 radical (unpaired) electrons. The molecule has 0 bridgehead atoms. The average molecular weight is 285 g/mol. The van der Waals surface area contributed by atoms with Crippen molar-refractivity contribution in [2.75, 3.05) is 18.1 Å². The molecule has 0 aliphatic rings. The Kier molecular flexibility index (Phi) is 4.57. The number of rotatable bonds is 4. The highest BCUT2D eigenvalue weighted by molar-refractivity contribution is 7.92. The minimum absolute atomic E-state index is 0.134. The molecule has 1 aromatic rings. The van der Waals surface area contributed by atoms with Crippen LogP contribution in [-0.4, -0.2) is 27.8 Å². The van der Waals surface area contributed by atoms with E-state index in [1.54, 1.807) is 6.92 Å². The van der Waals surface area contributed by atoms with Crippen molar-refractivity contribution in [2.24, 2.45) is 0 Å². The van der Waals surface area contributed by atoms with Crippen LogP contribution in [-0.2, 0) is 14.8 Å². The second kappa shape index (κ2) is 5.61. The lowest BCUT2D eigenvalue weighted by atomic mass is 9.96. The molecular formula is C13H19NO4S. The second-order valence-corrected chi connectivity index (χ2v) is 6.52. The monoisotopic (exact) mass is 285 g/mol. The first-order valence-corrected chi connectivity index (χ1v) is 7.75. The minimum atomic E-state index is -3.40. The Morgan fingerprint density at radius 2 is 1.89 bits per heavy atom. The third kappa shape index (κ3) is 3.96. The van der Waals surface area contributed by atoms with Crippen LogP contribution in [0.5, 0.6) is 0 Å². The van der Waals surface area contributed by atoms with Crippen LogP contribution < -0.4 is 4.72 Å². The van der Waals surface area contributed by atoms with Crippen LogP contribution in [0.4, 0.5) is 5.69 Å². The van der Waals surface area contributed by atoms with Gasteiger partial charge in [0.1, 0.15) is 0 Å². The van der Waals surface area contributed by atoms with E-state index in [1.807, 2.05) is 19.9 Å². The average Bonchev–Trinajstić information content (AvgIpc) is 2.27. The smallest absolute Gasteiger partial charge is 0.338 e. The van der Waals surface area contributed by atoms with Crippen LogP contribution in [0.1, 0.15) is 41.3 Å². The van der Waals surface area contributed by atoms with Gasteiger partial charge in [0.2, 0.25) is 10.0 Å². The van der Waals surface area contributed by atoms with Crippen LogP contribution in [0, 0.1) is 6.92 Å². The summed E-state index contributed by atoms with van der Waals surface area (Å²) in [6.07, 6.45) is 1.08. The van der Waals surface area contributed by atoms with Crippen molar-refractivity contribution in [1.29, 1.82) is 0 Å². The number of anilines is 1. The molecule has 0 unspecified atom stereocenters. The van der Waals surface area contributed by atoms with Crippen LogP contribution in [0.25, 0.3) is 0 Å². The molecule has 1 rings (SSSR count). The molecule has 0 atom stereocenters. The summed E-state index contributed by atoms with van der Waals surface area (Å²) in [5.41, 5.74) is 2.38. The number of aryl methyl sites for hydroxylation is 1. The molecule has 0 fully saturated rings. The van der Waals surface area contributed by atoms with Crippen molar-refractivity contribution >= 4 is 21.7 Å². The van der Waals surface area contributed by atoms with Gasteiger partial charge in [0.25, 0.3) is 0 Å². The standard InChI is InChI=1S/C13H19NO4S/c1-8(2)10-6-9(3)11(13(15)18-4)7-12(10)14-19(5,16)17/h6-8,14H,1-5H3. The van der Waals surface area contributed by atoms with E-state index < -0.39 is 16.0 Å². The summed E-state index contributed by atoms with van der Waals surface area (Å²) in [4.78, 5) is 11.6. The molecule has 1 N–H and O–H groups in total. The molecule has 5 nitrogen and oxygen atoms in total. The first-order valence-electron chi connectivity index (χ1n) is 5.86. The molecule has 0 saturated carbocycles. The van der Waals surface area contributed by atoms with Crippen LogP contribution in [0.3, 0.4) is 0 Å². The summed E-state index contributed by atoms with van der Waals surface area (Å²) in [5, 5.41) is 0. The number of benzene rings is 1. The number of hydrogen-bond donors (Lipinski definition) is 1. The quantitative estimate of drug-likeness (QED) is 0.861. The lowest BCUT2D eigenvalue weighted by Crippen LogP contribution is -2.14. The number of ether oxygens (including phenoxy) is 1. The van der Waals surface area contributed by atoms with Gasteiger partial charge < -0.3 is 4.74 Å². The Labute approximate surface area is 114 Å². The fraction of sp³-hybridized carbons (Fsp3) is 0.462. The second-order valence-electron chi connectivity index (χ2n) is 4.77. The number of carbonyl (C=O) groups excluding carboxylic acids is 1. The molecule has 0 spiro atoms. The first-order chi connectivity index (χ1) is 8.65. The van der Waals surface area contributed by atoms with Crippen molar-refractivity contribution in [3.05, 3.63) is 28.8 Å². The normalized spacial score (nSPS) is 11.5. The first kappa shape index (κ1) is 15.5. The summed E-state index contributed by atoms with van der Waals surface area (Å²) in [5.74, 6) is -0.348. The van der Waals surface area contributed by atoms with Gasteiger partial charge in [-0.25, -0.2) is 13.2 Å². The predicted octanol–water partition coefficient (Wildman–Crippen LogP) is 2.28. The molecule has 0 amide bonds. The Bertz CT molecular complexity index is 591. The summed E-state index contributed by atoms with van der Waals surface area (Å²) < 4.78 is 29.9. The third-order valence-electron chi connectivity index (χ3n) is 2.72. The maximum atomic E-state index is 11.6. The summed E-state index contributed by atoms with van der Waals surface area (Å²) in [7, 11) is -2.10. The lowest BCUT2D eigenvalue weighted by molar-refractivity contribution is 0.0600. The lowest BCUT2D eigenvalue weighted by Gasteiger charge is -2.16. The maximum absolute atomic E-state index is 11.6. The zero-order valence-corrected chi connectivity index (χ0v) is 12.6. The molecule has 0 saturated heterocycles. The van der Waals surface area contributed by atoms with Gasteiger partial charge >= 0.3 is 5.97 Å². The highest BCUT2D eigenvalue weighted by Gasteiger charge is 2.17. The molecule has 0 aromatic heterocycles. The Morgan fingerprint density at radius 1 is 1.32 bits per heavy atom. The highest BCUT2D eigenvalue weighted by atomic mass is 32.2. The van der Waals surface area contributed by atoms with Crippen molar-refractivity contribution in [2.45, 2.75) is 26.7 Å². The number of carbonyl (C=O) groups is 1. The fourth-order valence-corrected chi connectivity index (χ4v) is 2.40. The zero-order chi connectivity index (χ0) is 14.8. The number of nitrogens with one attached hydrogen (secondary N) is 1. The topological polar surface area (TPSA) is 72.5 Å². The van der Waals surface area contributed by atoms with E-state index in [0.29, 0.717) is 11.3 Å². The largest absolute Gasteiger partial charge is 0.465 e. The van der Waals surface area contributed by atoms with E-state index in [2.05, 4.69) is 9.46 Å². The molecule has 0 aliphatic heterocycles. The molecule has 6 heteroatoms. The molecule has 1 aromatic carbocycles. The maximum Gasteiger partial charge on any atom is 0.338 e. The van der Waals surface area contributed by atoms with Gasteiger partial charge in [-0.15, -0.1) is 0 Å². The minimum Gasteiger partial charge on any atom is -0.465 e. The van der Waals surface area contributed by atoms with Crippen LogP contribution >= 0.6 is 0 Å². The molecule has 0 heterocycles. The van der Waals surface area contributed by atoms with Crippen LogP contribution in [0.2, 0.25) is 0 Å². The SMILES string of the molecule is COC(=O)c1cc(NS(C)(=O)=O)c(C(C)C)cc1C. The van der Waals surface area contributed by atoms with Crippen molar-refractivity contribution in [3.63, 3.8) is 0 Å². The highest BCUT2D eigenvalue weighted by Crippen LogP contribution is 2.28. The van der Waals surface area contributed by atoms with E-state index in [4.69, 9.17) is 0 Å². The molecule has 19 heavy (non-hydrogen) atoms. The van der Waals surface area contributed by atoms with E-state index >= 15 is 0 Å². The summed E-state index contributed by atoms with van der Waals surface area (Å²) in [6.45, 7) is 5.71. The van der Waals surface area contributed by atoms with Gasteiger partial charge in [-0.05, 0) is 30.0 Å². The van der Waals surface area contributed by atoms with E-state index in [9.17, 15) is 13.2 Å². The molecular weight excluding hydrogens is 266 g/mol. The Hall–Kier alpha value is -1.56. The van der Waals surface area contributed by atoms with Gasteiger partial charge in [-0.1, -0.05) is 19.9 Å². The zero-order valence-electron chi connectivity index (χ0n) is 11.8. The number of methoxy groups -OCH3 is 1. The van der Waals surface area contributed by atoms with Gasteiger partial charge in [0, 0.05) is 0 Å². The predicted molar refractivity (Wildman–Crippen MR) is 75.1 cm³/mol. The van der Waals surface area contributed by atoms with Crippen molar-refractivity contribution in [1.82, 2.24) is 0 Å². The van der Waals surface area contributed by atoms with E-state index in [-0.39, 0.29) is 5.92 Å². The van der Waals surface area contributed by atoms with E-state index in [0.717, 1.165) is 17.4 Å². The number of esters is 1. The Morgan fingerprint density at radius 3 is 2.32 bits per heavy atom. The summed E-state index contributed by atoms with van der Waals surface area (Å²) in [6, 6.07) is 3.34. The Balaban J connectivity index is 3.43. The van der Waals surface area contributed by atoms with Gasteiger partial charge in [-0.3, -0.25) is 4.72 Å². The van der Waals surface area contributed by atoms with E-state index in [1.165, 1.54) is 13.2 Å². The van der Waals surface area contributed by atoms with Crippen LogP contribution in [0.15, 0.2) is 12.1 Å². The summed E-state index contributed by atoms with van der Waals surface area (Å²) >= 11 is 0. The van der Waals surface area contributed by atoms with Gasteiger partial charge in [0.05, 0.1) is 24.6 Å². The van der Waals surface area contributed by atoms with Crippen molar-refractivity contribution < 1.29 is 17.9 Å². The van der Waals surface area contributed by atoms with Crippen molar-refractivity contribution in [3.8, 4) is 0 Å². The third-order valence-corrected chi connectivity index (χ3v) is 3.31. The van der Waals surface area contributed by atoms with Gasteiger partial charge in [-0.2, -0.15) is 0 Å². The molecule has 106 valence electrons. The number of sulfonamides is 1. The fourth-order valence-electron chi connectivity index (χ4n) is 1.83. The molecule has 0 aliphatic carbocycles. The van der Waals surface area contributed by atoms with Gasteiger partial charge in [0.15, 0.2) is 0 Å².